The molecular weight excluding hydrogens is 342 g/mol. The first-order valence-electron chi connectivity index (χ1n) is 9.62. The van der Waals surface area contributed by atoms with E-state index in [9.17, 15) is 9.59 Å². The van der Waals surface area contributed by atoms with E-state index in [4.69, 9.17) is 14.5 Å². The van der Waals surface area contributed by atoms with Crippen LogP contribution in [0.1, 0.15) is 55.2 Å². The quantitative estimate of drug-likeness (QED) is 0.754. The van der Waals surface area contributed by atoms with E-state index in [1.54, 1.807) is 0 Å². The Morgan fingerprint density at radius 3 is 2.70 bits per heavy atom. The molecule has 2 aliphatic rings. The Balaban J connectivity index is 1.80. The Labute approximate surface area is 159 Å². The summed E-state index contributed by atoms with van der Waals surface area (Å²) < 4.78 is 10.5. The van der Waals surface area contributed by atoms with Crippen LogP contribution in [0.2, 0.25) is 0 Å². The molecule has 1 aromatic heterocycles. The van der Waals surface area contributed by atoms with Crippen molar-refractivity contribution in [3.05, 3.63) is 41.1 Å². The first-order valence-corrected chi connectivity index (χ1v) is 9.62. The van der Waals surface area contributed by atoms with Crippen LogP contribution < -0.4 is 0 Å². The van der Waals surface area contributed by atoms with Crippen LogP contribution >= 0.6 is 0 Å². The van der Waals surface area contributed by atoms with Gasteiger partial charge in [0, 0.05) is 17.5 Å². The molecular formula is C22H25NO4. The molecule has 0 amide bonds. The van der Waals surface area contributed by atoms with E-state index in [0.717, 1.165) is 41.4 Å². The highest BCUT2D eigenvalue weighted by atomic mass is 16.6. The van der Waals surface area contributed by atoms with Crippen LogP contribution in [0.25, 0.3) is 10.9 Å². The van der Waals surface area contributed by atoms with Gasteiger partial charge in [0.1, 0.15) is 0 Å². The fraction of sp³-hybridized carbons (Fsp3) is 0.500. The van der Waals surface area contributed by atoms with Gasteiger partial charge >= 0.3 is 11.9 Å². The first kappa shape index (κ1) is 18.0. The van der Waals surface area contributed by atoms with E-state index in [-0.39, 0.29) is 5.41 Å². The van der Waals surface area contributed by atoms with Crippen LogP contribution in [0.4, 0.5) is 0 Å². The average Bonchev–Trinajstić information content (AvgIpc) is 3.03. The van der Waals surface area contributed by atoms with Crippen LogP contribution in [0, 0.1) is 11.3 Å². The molecule has 2 aromatic rings. The van der Waals surface area contributed by atoms with Gasteiger partial charge in [-0.15, -0.1) is 0 Å². The fourth-order valence-electron chi connectivity index (χ4n) is 4.13. The Bertz CT molecular complexity index is 912. The van der Waals surface area contributed by atoms with Crippen molar-refractivity contribution in [2.24, 2.45) is 11.3 Å². The molecule has 27 heavy (non-hydrogen) atoms. The molecule has 142 valence electrons. The highest BCUT2D eigenvalue weighted by Crippen LogP contribution is 2.39. The van der Waals surface area contributed by atoms with Crippen molar-refractivity contribution >= 4 is 22.8 Å². The molecule has 5 nitrogen and oxygen atoms in total. The first-order chi connectivity index (χ1) is 12.8. The number of cyclic esters (lactones) is 1. The number of carbonyl (C=O) groups excluding carboxylic acids is 2. The highest BCUT2D eigenvalue weighted by Gasteiger charge is 2.35. The second-order valence-electron chi connectivity index (χ2n) is 8.59. The minimum Gasteiger partial charge on any atom is -0.463 e. The van der Waals surface area contributed by atoms with Crippen LogP contribution in [0.5, 0.6) is 0 Å². The van der Waals surface area contributed by atoms with Gasteiger partial charge in [-0.2, -0.15) is 0 Å². The van der Waals surface area contributed by atoms with E-state index in [2.05, 4.69) is 20.8 Å². The van der Waals surface area contributed by atoms with Gasteiger partial charge in [0.2, 0.25) is 6.10 Å². The number of pyridine rings is 1. The van der Waals surface area contributed by atoms with Gasteiger partial charge in [0.15, 0.2) is 0 Å². The summed E-state index contributed by atoms with van der Waals surface area (Å²) in [5.74, 6) is -0.428. The molecule has 2 heterocycles. The Hall–Kier alpha value is -2.43. The monoisotopic (exact) mass is 367 g/mol. The van der Waals surface area contributed by atoms with Crippen molar-refractivity contribution in [1.82, 2.24) is 4.98 Å². The second-order valence-corrected chi connectivity index (χ2v) is 8.59. The van der Waals surface area contributed by atoms with Crippen molar-refractivity contribution in [1.29, 1.82) is 0 Å². The summed E-state index contributed by atoms with van der Waals surface area (Å²) >= 11 is 0. The van der Waals surface area contributed by atoms with Crippen molar-refractivity contribution in [2.45, 2.75) is 52.6 Å². The number of esters is 2. The molecule has 0 radical (unpaired) electrons. The number of ether oxygens (including phenoxy) is 2. The zero-order valence-corrected chi connectivity index (χ0v) is 16.1. The molecule has 0 N–H and O–H groups in total. The second kappa shape index (κ2) is 6.63. The Morgan fingerprint density at radius 2 is 2.00 bits per heavy atom. The molecule has 5 heteroatoms. The molecule has 0 bridgehead atoms. The van der Waals surface area contributed by atoms with Gasteiger partial charge in [-0.3, -0.25) is 4.98 Å². The maximum absolute atomic E-state index is 13.1. The lowest BCUT2D eigenvalue weighted by atomic mass is 9.70. The Morgan fingerprint density at radius 1 is 1.22 bits per heavy atom. The van der Waals surface area contributed by atoms with E-state index >= 15 is 0 Å². The lowest BCUT2D eigenvalue weighted by Gasteiger charge is -2.35. The molecule has 4 rings (SSSR count). The zero-order chi connectivity index (χ0) is 19.2. The number of para-hydroxylation sites is 1. The molecule has 1 aliphatic carbocycles. The van der Waals surface area contributed by atoms with Crippen molar-refractivity contribution < 1.29 is 19.1 Å². The van der Waals surface area contributed by atoms with Gasteiger partial charge < -0.3 is 9.47 Å². The third-order valence-electron chi connectivity index (χ3n) is 5.82. The van der Waals surface area contributed by atoms with Crippen molar-refractivity contribution in [2.75, 3.05) is 6.61 Å². The van der Waals surface area contributed by atoms with Gasteiger partial charge in [-0.25, -0.2) is 9.59 Å². The number of hydrogen-bond acceptors (Lipinski definition) is 5. The summed E-state index contributed by atoms with van der Waals surface area (Å²) in [6, 6.07) is 7.66. The molecule has 1 aliphatic heterocycles. The number of aromatic nitrogens is 1. The lowest BCUT2D eigenvalue weighted by molar-refractivity contribution is -0.145. The lowest BCUT2D eigenvalue weighted by Crippen LogP contribution is -2.30. The number of aryl methyl sites for hydroxylation is 1. The minimum absolute atomic E-state index is 0.153. The van der Waals surface area contributed by atoms with Crippen LogP contribution in [-0.2, 0) is 27.1 Å². The van der Waals surface area contributed by atoms with Crippen LogP contribution in [0.15, 0.2) is 24.3 Å². The third kappa shape index (κ3) is 3.31. The molecule has 2 atom stereocenters. The number of hydrogen-bond donors (Lipinski definition) is 0. The topological polar surface area (TPSA) is 65.5 Å². The largest absolute Gasteiger partial charge is 0.463 e. The van der Waals surface area contributed by atoms with Gasteiger partial charge in [0.05, 0.1) is 17.7 Å². The average molecular weight is 367 g/mol. The van der Waals surface area contributed by atoms with Gasteiger partial charge in [-0.1, -0.05) is 39.0 Å². The van der Waals surface area contributed by atoms with E-state index < -0.39 is 18.0 Å². The predicted octanol–water partition coefficient (Wildman–Crippen LogP) is 3.86. The maximum Gasteiger partial charge on any atom is 0.347 e. The molecule has 0 unspecified atom stereocenters. The number of fused-ring (bicyclic) bond motifs is 2. The fourth-order valence-corrected chi connectivity index (χ4v) is 4.13. The number of rotatable bonds is 2. The summed E-state index contributed by atoms with van der Waals surface area (Å²) in [5, 5.41) is 0.794. The normalized spacial score (nSPS) is 22.4. The van der Waals surface area contributed by atoms with Gasteiger partial charge in [-0.05, 0) is 42.2 Å². The summed E-state index contributed by atoms with van der Waals surface area (Å²) in [6.45, 7) is 7.02. The number of nitrogens with zero attached hydrogens (tertiary/aromatic N) is 1. The van der Waals surface area contributed by atoms with Crippen LogP contribution in [0.3, 0.4) is 0 Å². The van der Waals surface area contributed by atoms with Crippen LogP contribution in [-0.4, -0.2) is 29.6 Å². The van der Waals surface area contributed by atoms with Gasteiger partial charge in [0.25, 0.3) is 0 Å². The van der Waals surface area contributed by atoms with E-state index in [1.165, 1.54) is 0 Å². The predicted molar refractivity (Wildman–Crippen MR) is 101 cm³/mol. The third-order valence-corrected chi connectivity index (χ3v) is 5.82. The summed E-state index contributed by atoms with van der Waals surface area (Å²) in [5.41, 5.74) is 3.49. The molecule has 1 aromatic carbocycles. The van der Waals surface area contributed by atoms with E-state index in [0.29, 0.717) is 24.5 Å². The molecule has 0 spiro atoms. The Kier molecular flexibility index (Phi) is 4.41. The highest BCUT2D eigenvalue weighted by molar-refractivity contribution is 6.05. The molecule has 1 saturated heterocycles. The van der Waals surface area contributed by atoms with E-state index in [1.807, 2.05) is 24.3 Å². The summed E-state index contributed by atoms with van der Waals surface area (Å²) in [4.78, 5) is 29.7. The number of benzene rings is 1. The molecule has 0 saturated carbocycles. The summed E-state index contributed by atoms with van der Waals surface area (Å²) in [7, 11) is 0. The smallest absolute Gasteiger partial charge is 0.347 e. The van der Waals surface area contributed by atoms with Crippen molar-refractivity contribution in [3.8, 4) is 0 Å². The minimum atomic E-state index is -0.804. The summed E-state index contributed by atoms with van der Waals surface area (Å²) in [6.07, 6.45) is 2.33. The van der Waals surface area contributed by atoms with Crippen molar-refractivity contribution in [3.63, 3.8) is 0 Å². The zero-order valence-electron chi connectivity index (χ0n) is 16.1. The molecule has 1 fully saturated rings. The SMILES string of the molecule is CC(C)(C)[C@@H]1CCc2nc3ccccc3c(C(=O)O[C@@H]3CCOC3=O)c2C1. The number of carbonyl (C=O) groups is 2. The standard InChI is InChI=1S/C22H25NO4/c1-22(2,3)13-8-9-17-15(12-13)19(14-6-4-5-7-16(14)23-17)21(25)27-18-10-11-26-20(18)24/h4-7,13,18H,8-12H2,1-3H3/t13-,18-/m1/s1. The maximum atomic E-state index is 13.1.